The van der Waals surface area contributed by atoms with Gasteiger partial charge in [0, 0.05) is 12.8 Å². The highest BCUT2D eigenvalue weighted by atomic mass is 31.2. The number of unbranched alkanes of at least 4 members (excludes halogenated alkanes) is 37. The number of phosphoric acid groups is 1. The third kappa shape index (κ3) is 62.0. The number of phosphoric ester groups is 1. The Hall–Kier alpha value is -2.55. The van der Waals surface area contributed by atoms with Gasteiger partial charge in [-0.25, -0.2) is 0 Å². The summed E-state index contributed by atoms with van der Waals surface area (Å²) in [6.07, 6.45) is 80.3. The predicted molar refractivity (Wildman–Crippen MR) is 353 cm³/mol. The van der Waals surface area contributed by atoms with Crippen molar-refractivity contribution in [1.82, 2.24) is 5.32 Å². The highest BCUT2D eigenvalue weighted by Gasteiger charge is 2.27. The Balaban J connectivity index is 5.10. The maximum Gasteiger partial charge on any atom is 0.306 e. The number of likely N-dealkylation sites (N-methyl/N-ethyl adjacent to an activating group) is 1. The Morgan fingerprint density at radius 3 is 1.18 bits per heavy atom. The van der Waals surface area contributed by atoms with Gasteiger partial charge in [0.2, 0.25) is 5.91 Å². The van der Waals surface area contributed by atoms with Crippen LogP contribution >= 0.6 is 7.82 Å². The van der Waals surface area contributed by atoms with E-state index in [1.54, 1.807) is 0 Å². The van der Waals surface area contributed by atoms with Crippen LogP contribution in [0.5, 0.6) is 0 Å². The molecule has 0 aliphatic carbocycles. The molecule has 0 aromatic rings. The van der Waals surface area contributed by atoms with E-state index in [1.807, 2.05) is 33.3 Å². The zero-order valence-electron chi connectivity index (χ0n) is 54.7. The SMILES string of the molecule is CC/C=C\C/C=C\C/C=C\C/C=C\C/C=C\CCCCCC(=O)OC(/C=C/CCCCCCCCCCCC)C(COP(=O)([O-])OCC[N+](C)(C)C)NC(=O)CCCCCCCCCCCCCCCCCCCCCCCCCCC. The summed E-state index contributed by atoms with van der Waals surface area (Å²) >= 11 is 0. The van der Waals surface area contributed by atoms with Gasteiger partial charge in [0.05, 0.1) is 33.8 Å². The molecule has 3 atom stereocenters. The van der Waals surface area contributed by atoms with Crippen LogP contribution < -0.4 is 10.2 Å². The third-order valence-corrected chi connectivity index (χ3v) is 16.4. The molecule has 0 bridgehead atoms. The summed E-state index contributed by atoms with van der Waals surface area (Å²) in [6.45, 7) is 6.74. The van der Waals surface area contributed by atoms with Crippen LogP contribution in [0.3, 0.4) is 0 Å². The van der Waals surface area contributed by atoms with Gasteiger partial charge in [-0.3, -0.25) is 14.2 Å². The summed E-state index contributed by atoms with van der Waals surface area (Å²) in [5, 5.41) is 3.03. The summed E-state index contributed by atoms with van der Waals surface area (Å²) in [5.74, 6) is -0.569. The molecular formula is C72H133N2O7P. The van der Waals surface area contributed by atoms with Crippen LogP contribution in [-0.4, -0.2) is 69.4 Å². The van der Waals surface area contributed by atoms with Gasteiger partial charge in [0.1, 0.15) is 19.3 Å². The highest BCUT2D eigenvalue weighted by Crippen LogP contribution is 2.38. The first kappa shape index (κ1) is 79.5. The number of carbonyl (C=O) groups is 2. The number of ether oxygens (including phenoxy) is 1. The second-order valence-electron chi connectivity index (χ2n) is 24.7. The van der Waals surface area contributed by atoms with E-state index < -0.39 is 26.6 Å². The van der Waals surface area contributed by atoms with Crippen molar-refractivity contribution in [3.8, 4) is 0 Å². The van der Waals surface area contributed by atoms with Gasteiger partial charge in [0.15, 0.2) is 0 Å². The number of carbonyl (C=O) groups excluding carboxylic acids is 2. The number of allylic oxidation sites excluding steroid dienone is 11. The zero-order chi connectivity index (χ0) is 60.0. The highest BCUT2D eigenvalue weighted by molar-refractivity contribution is 7.45. The van der Waals surface area contributed by atoms with E-state index in [0.717, 1.165) is 89.9 Å². The molecule has 478 valence electrons. The van der Waals surface area contributed by atoms with Gasteiger partial charge in [-0.05, 0) is 76.7 Å². The van der Waals surface area contributed by atoms with Crippen molar-refractivity contribution >= 4 is 19.7 Å². The second-order valence-corrected chi connectivity index (χ2v) is 26.1. The number of hydrogen-bond acceptors (Lipinski definition) is 7. The predicted octanol–water partition coefficient (Wildman–Crippen LogP) is 21.3. The van der Waals surface area contributed by atoms with E-state index in [4.69, 9.17) is 13.8 Å². The van der Waals surface area contributed by atoms with Crippen molar-refractivity contribution in [1.29, 1.82) is 0 Å². The van der Waals surface area contributed by atoms with Crippen LogP contribution in [0.1, 0.15) is 323 Å². The van der Waals surface area contributed by atoms with Crippen molar-refractivity contribution < 1.29 is 37.3 Å². The molecule has 0 fully saturated rings. The molecule has 82 heavy (non-hydrogen) atoms. The first-order valence-corrected chi connectivity index (χ1v) is 36.2. The molecule has 1 N–H and O–H groups in total. The molecule has 10 heteroatoms. The van der Waals surface area contributed by atoms with Crippen LogP contribution in [0.4, 0.5) is 0 Å². The number of esters is 1. The first-order valence-electron chi connectivity index (χ1n) is 34.7. The van der Waals surface area contributed by atoms with Gasteiger partial charge in [-0.15, -0.1) is 0 Å². The number of rotatable bonds is 63. The van der Waals surface area contributed by atoms with Gasteiger partial charge in [-0.2, -0.15) is 0 Å². The van der Waals surface area contributed by atoms with Crippen molar-refractivity contribution in [3.05, 3.63) is 72.9 Å². The van der Waals surface area contributed by atoms with Gasteiger partial charge >= 0.3 is 5.97 Å². The minimum atomic E-state index is -4.71. The molecule has 0 saturated heterocycles. The summed E-state index contributed by atoms with van der Waals surface area (Å²) in [6, 6.07) is -0.903. The maximum atomic E-state index is 13.6. The normalized spacial score (nSPS) is 14.0. The van der Waals surface area contributed by atoms with E-state index in [1.165, 1.54) is 193 Å². The number of quaternary nitrogens is 1. The lowest BCUT2D eigenvalue weighted by atomic mass is 10.0. The number of nitrogens with one attached hydrogen (secondary N) is 1. The van der Waals surface area contributed by atoms with Crippen molar-refractivity contribution in [2.75, 3.05) is 40.9 Å². The minimum absolute atomic E-state index is 0.0286. The van der Waals surface area contributed by atoms with E-state index in [2.05, 4.69) is 86.8 Å². The van der Waals surface area contributed by atoms with Crippen molar-refractivity contribution in [3.63, 3.8) is 0 Å². The van der Waals surface area contributed by atoms with Crippen LogP contribution in [-0.2, 0) is 27.9 Å². The van der Waals surface area contributed by atoms with Crippen molar-refractivity contribution in [2.45, 2.75) is 335 Å². The van der Waals surface area contributed by atoms with Gasteiger partial charge in [-0.1, -0.05) is 306 Å². The van der Waals surface area contributed by atoms with Crippen LogP contribution in [0.2, 0.25) is 0 Å². The quantitative estimate of drug-likeness (QED) is 0.0212. The van der Waals surface area contributed by atoms with E-state index in [9.17, 15) is 19.0 Å². The average Bonchev–Trinajstić information content (AvgIpc) is 3.44. The van der Waals surface area contributed by atoms with E-state index >= 15 is 0 Å². The van der Waals surface area contributed by atoms with E-state index in [-0.39, 0.29) is 24.9 Å². The molecule has 0 aliphatic heterocycles. The lowest BCUT2D eigenvalue weighted by Gasteiger charge is -2.30. The summed E-state index contributed by atoms with van der Waals surface area (Å²) in [5.41, 5.74) is 0. The molecule has 1 amide bonds. The Kier molecular flexibility index (Phi) is 59.6. The fourth-order valence-electron chi connectivity index (χ4n) is 10.1. The molecule has 0 rings (SSSR count). The molecule has 0 spiro atoms. The van der Waals surface area contributed by atoms with Crippen molar-refractivity contribution in [2.24, 2.45) is 0 Å². The number of hydrogen-bond donors (Lipinski definition) is 1. The summed E-state index contributed by atoms with van der Waals surface area (Å²) in [4.78, 5) is 40.1. The zero-order valence-corrected chi connectivity index (χ0v) is 55.6. The summed E-state index contributed by atoms with van der Waals surface area (Å²) < 4.78 is 30.4. The summed E-state index contributed by atoms with van der Waals surface area (Å²) in [7, 11) is 1.17. The lowest BCUT2D eigenvalue weighted by molar-refractivity contribution is -0.870. The minimum Gasteiger partial charge on any atom is -0.756 e. The standard InChI is InChI=1S/C72H133N2O7P/c1-7-10-13-16-19-22-25-28-30-32-34-35-36-37-38-39-41-42-44-46-49-52-55-58-61-64-71(75)73-69(68-80-82(77,78)79-67-66-74(4,5)6)70(63-60-57-54-51-48-27-24-21-18-15-12-9-3)81-72(76)65-62-59-56-53-50-47-45-43-40-33-31-29-26-23-20-17-14-11-8-2/h11,14,20,23,29,31,40,43,47,50,60,63,69-70H,7-10,12-13,15-19,21-22,24-28,30,32-39,41-42,44-46,48-49,51-59,61-62,64-68H2,1-6H3,(H-,73,75,77,78)/b14-11-,23-20-,31-29-,43-40-,50-47-,63-60+. The lowest BCUT2D eigenvalue weighted by Crippen LogP contribution is -2.47. The molecular weight excluding hydrogens is 1040 g/mol. The monoisotopic (exact) mass is 1170 g/mol. The molecule has 0 radical (unpaired) electrons. The van der Waals surface area contributed by atoms with Crippen LogP contribution in [0, 0.1) is 0 Å². The molecule has 0 aromatic carbocycles. The molecule has 3 unspecified atom stereocenters. The Bertz CT molecular complexity index is 1630. The molecule has 0 aliphatic rings. The average molecular weight is 1170 g/mol. The first-order chi connectivity index (χ1) is 39.9. The Morgan fingerprint density at radius 1 is 0.439 bits per heavy atom. The maximum absolute atomic E-state index is 13.6. The third-order valence-electron chi connectivity index (χ3n) is 15.4. The number of nitrogens with zero attached hydrogens (tertiary/aromatic N) is 1. The Labute approximate surface area is 508 Å². The van der Waals surface area contributed by atoms with E-state index in [0.29, 0.717) is 23.9 Å². The second kappa shape index (κ2) is 61.5. The smallest absolute Gasteiger partial charge is 0.306 e. The topological polar surface area (TPSA) is 114 Å². The molecule has 0 heterocycles. The Morgan fingerprint density at radius 2 is 0.780 bits per heavy atom. The fourth-order valence-corrected chi connectivity index (χ4v) is 10.8. The molecule has 9 nitrogen and oxygen atoms in total. The van der Waals surface area contributed by atoms with Crippen LogP contribution in [0.15, 0.2) is 72.9 Å². The van der Waals surface area contributed by atoms with Gasteiger partial charge < -0.3 is 28.5 Å². The van der Waals surface area contributed by atoms with Gasteiger partial charge in [0.25, 0.3) is 7.82 Å². The largest absolute Gasteiger partial charge is 0.756 e. The number of amides is 1. The fraction of sp³-hybridized carbons (Fsp3) is 0.806. The van der Waals surface area contributed by atoms with Crippen LogP contribution in [0.25, 0.3) is 0 Å². The molecule has 0 aromatic heterocycles. The molecule has 0 saturated carbocycles.